The SMILES string of the molecule is Cc1cc(-c2noc(-c3nn(C)c4c3CCC(C)(C)C4)n2)cc(C)c1CCNCCO. The summed E-state index contributed by atoms with van der Waals surface area (Å²) in [5, 5.41) is 21.2. The first kappa shape index (κ1) is 21.7. The first-order valence-corrected chi connectivity index (χ1v) is 11.1. The number of benzene rings is 1. The van der Waals surface area contributed by atoms with Crippen molar-refractivity contribution in [2.24, 2.45) is 12.5 Å². The van der Waals surface area contributed by atoms with E-state index < -0.39 is 0 Å². The van der Waals surface area contributed by atoms with Crippen LogP contribution in [0.15, 0.2) is 16.7 Å². The molecule has 166 valence electrons. The molecule has 1 aliphatic carbocycles. The number of fused-ring (bicyclic) bond motifs is 1. The second kappa shape index (κ2) is 8.55. The Bertz CT molecular complexity index is 1060. The highest BCUT2D eigenvalue weighted by atomic mass is 16.5. The van der Waals surface area contributed by atoms with Gasteiger partial charge in [0.15, 0.2) is 5.69 Å². The van der Waals surface area contributed by atoms with Crippen LogP contribution in [0.2, 0.25) is 0 Å². The summed E-state index contributed by atoms with van der Waals surface area (Å²) < 4.78 is 7.64. The normalized spacial score (nSPS) is 15.3. The minimum Gasteiger partial charge on any atom is -0.395 e. The Balaban J connectivity index is 1.59. The van der Waals surface area contributed by atoms with Crippen LogP contribution in [0.1, 0.15) is 48.2 Å². The molecule has 2 heterocycles. The maximum Gasteiger partial charge on any atom is 0.279 e. The van der Waals surface area contributed by atoms with Crippen LogP contribution in [0.4, 0.5) is 0 Å². The van der Waals surface area contributed by atoms with Gasteiger partial charge in [-0.2, -0.15) is 10.1 Å². The number of rotatable bonds is 7. The molecule has 1 aliphatic rings. The monoisotopic (exact) mass is 423 g/mol. The van der Waals surface area contributed by atoms with E-state index in [2.05, 4.69) is 50.3 Å². The molecule has 3 aromatic rings. The fraction of sp³-hybridized carbons (Fsp3) is 0.542. The molecule has 7 heteroatoms. The lowest BCUT2D eigenvalue weighted by Gasteiger charge is -2.29. The van der Waals surface area contributed by atoms with Crippen LogP contribution in [0.3, 0.4) is 0 Å². The van der Waals surface area contributed by atoms with Gasteiger partial charge in [-0.05, 0) is 80.3 Å². The first-order chi connectivity index (χ1) is 14.8. The van der Waals surface area contributed by atoms with Crippen molar-refractivity contribution in [3.8, 4) is 23.0 Å². The molecule has 0 radical (unpaired) electrons. The Morgan fingerprint density at radius 1 is 1.19 bits per heavy atom. The number of hydrogen-bond acceptors (Lipinski definition) is 6. The minimum atomic E-state index is 0.161. The van der Waals surface area contributed by atoms with E-state index >= 15 is 0 Å². The van der Waals surface area contributed by atoms with Crippen LogP contribution in [-0.4, -0.2) is 44.7 Å². The van der Waals surface area contributed by atoms with Gasteiger partial charge in [-0.3, -0.25) is 4.68 Å². The van der Waals surface area contributed by atoms with E-state index in [9.17, 15) is 0 Å². The molecule has 0 spiro atoms. The number of nitrogens with one attached hydrogen (secondary N) is 1. The third-order valence-electron chi connectivity index (χ3n) is 6.40. The van der Waals surface area contributed by atoms with E-state index in [0.29, 0.717) is 23.7 Å². The van der Waals surface area contributed by atoms with Gasteiger partial charge in [0.1, 0.15) is 0 Å². The van der Waals surface area contributed by atoms with Gasteiger partial charge >= 0.3 is 0 Å². The summed E-state index contributed by atoms with van der Waals surface area (Å²) >= 11 is 0. The second-order valence-electron chi connectivity index (χ2n) is 9.47. The summed E-state index contributed by atoms with van der Waals surface area (Å²) in [5.74, 6) is 1.10. The summed E-state index contributed by atoms with van der Waals surface area (Å²) in [4.78, 5) is 4.71. The van der Waals surface area contributed by atoms with E-state index in [1.807, 2.05) is 11.7 Å². The highest BCUT2D eigenvalue weighted by Crippen LogP contribution is 2.38. The molecule has 0 bridgehead atoms. The lowest BCUT2D eigenvalue weighted by Crippen LogP contribution is -2.23. The molecule has 0 amide bonds. The molecule has 0 unspecified atom stereocenters. The molecule has 4 rings (SSSR count). The fourth-order valence-electron chi connectivity index (χ4n) is 4.63. The van der Waals surface area contributed by atoms with Gasteiger partial charge in [-0.15, -0.1) is 0 Å². The van der Waals surface area contributed by atoms with Gasteiger partial charge in [0.05, 0.1) is 6.61 Å². The molecule has 0 atom stereocenters. The summed E-state index contributed by atoms with van der Waals surface area (Å²) in [6.07, 6.45) is 4.05. The lowest BCUT2D eigenvalue weighted by molar-refractivity contribution is 0.293. The van der Waals surface area contributed by atoms with Crippen molar-refractivity contribution < 1.29 is 9.63 Å². The van der Waals surface area contributed by atoms with Gasteiger partial charge in [0.25, 0.3) is 5.89 Å². The number of hydrogen-bond donors (Lipinski definition) is 2. The van der Waals surface area contributed by atoms with Crippen molar-refractivity contribution in [2.45, 2.75) is 53.4 Å². The number of aromatic nitrogens is 4. The third-order valence-corrected chi connectivity index (χ3v) is 6.40. The van der Waals surface area contributed by atoms with E-state index in [1.54, 1.807) is 0 Å². The molecular formula is C24H33N5O2. The summed E-state index contributed by atoms with van der Waals surface area (Å²) in [7, 11) is 2.00. The van der Waals surface area contributed by atoms with Gasteiger partial charge in [0.2, 0.25) is 5.82 Å². The standard InChI is InChI=1S/C24H33N5O2/c1-15-12-17(13-16(2)18(15)7-9-25-10-11-30)22-26-23(31-28-22)21-19-6-8-24(3,4)14-20(19)29(5)27-21/h12-13,25,30H,6-11,14H2,1-5H3. The predicted molar refractivity (Wildman–Crippen MR) is 121 cm³/mol. The summed E-state index contributed by atoms with van der Waals surface area (Å²) in [5.41, 5.74) is 8.35. The molecule has 0 saturated carbocycles. The third kappa shape index (κ3) is 4.43. The van der Waals surface area contributed by atoms with Crippen molar-refractivity contribution in [3.05, 3.63) is 40.1 Å². The number of nitrogens with zero attached hydrogens (tertiary/aromatic N) is 4. The number of aliphatic hydroxyl groups excluding tert-OH is 1. The van der Waals surface area contributed by atoms with Crippen LogP contribution in [0.5, 0.6) is 0 Å². The smallest absolute Gasteiger partial charge is 0.279 e. The Labute approximate surface area is 183 Å². The average molecular weight is 424 g/mol. The molecule has 2 N–H and O–H groups in total. The second-order valence-corrected chi connectivity index (χ2v) is 9.47. The maximum absolute atomic E-state index is 8.92. The molecule has 2 aromatic heterocycles. The van der Waals surface area contributed by atoms with Crippen LogP contribution >= 0.6 is 0 Å². The zero-order valence-electron chi connectivity index (χ0n) is 19.2. The van der Waals surface area contributed by atoms with E-state index in [4.69, 9.17) is 19.7 Å². The quantitative estimate of drug-likeness (QED) is 0.566. The van der Waals surface area contributed by atoms with Crippen LogP contribution in [0, 0.1) is 19.3 Å². The molecule has 31 heavy (non-hydrogen) atoms. The highest BCUT2D eigenvalue weighted by Gasteiger charge is 2.32. The van der Waals surface area contributed by atoms with Crippen molar-refractivity contribution >= 4 is 0 Å². The largest absolute Gasteiger partial charge is 0.395 e. The van der Waals surface area contributed by atoms with Gasteiger partial charge in [0, 0.05) is 30.4 Å². The maximum atomic E-state index is 8.92. The van der Waals surface area contributed by atoms with Gasteiger partial charge < -0.3 is 14.9 Å². The van der Waals surface area contributed by atoms with Crippen molar-refractivity contribution in [1.82, 2.24) is 25.2 Å². The van der Waals surface area contributed by atoms with Crippen molar-refractivity contribution in [3.63, 3.8) is 0 Å². The Morgan fingerprint density at radius 2 is 1.94 bits per heavy atom. The molecule has 0 saturated heterocycles. The van der Waals surface area contributed by atoms with Crippen molar-refractivity contribution in [1.29, 1.82) is 0 Å². The average Bonchev–Trinajstić information content (AvgIpc) is 3.31. The minimum absolute atomic E-state index is 0.161. The van der Waals surface area contributed by atoms with Crippen LogP contribution in [0.25, 0.3) is 23.0 Å². The molecule has 0 fully saturated rings. The predicted octanol–water partition coefficient (Wildman–Crippen LogP) is 3.39. The van der Waals surface area contributed by atoms with E-state index in [-0.39, 0.29) is 6.61 Å². The Morgan fingerprint density at radius 3 is 2.65 bits per heavy atom. The Hall–Kier alpha value is -2.51. The zero-order chi connectivity index (χ0) is 22.2. The summed E-state index contributed by atoms with van der Waals surface area (Å²) in [6, 6.07) is 4.25. The van der Waals surface area contributed by atoms with E-state index in [0.717, 1.165) is 43.5 Å². The molecular weight excluding hydrogens is 390 g/mol. The van der Waals surface area contributed by atoms with Crippen LogP contribution in [-0.2, 0) is 26.3 Å². The van der Waals surface area contributed by atoms with Crippen molar-refractivity contribution in [2.75, 3.05) is 19.7 Å². The fourth-order valence-corrected chi connectivity index (χ4v) is 4.63. The molecule has 7 nitrogen and oxygen atoms in total. The van der Waals surface area contributed by atoms with Gasteiger partial charge in [-0.25, -0.2) is 0 Å². The topological polar surface area (TPSA) is 89.0 Å². The zero-order valence-corrected chi connectivity index (χ0v) is 19.2. The van der Waals surface area contributed by atoms with Crippen LogP contribution < -0.4 is 5.32 Å². The van der Waals surface area contributed by atoms with Gasteiger partial charge in [-0.1, -0.05) is 19.0 Å². The molecule has 0 aliphatic heterocycles. The first-order valence-electron chi connectivity index (χ1n) is 11.1. The molecule has 1 aromatic carbocycles. The highest BCUT2D eigenvalue weighted by molar-refractivity contribution is 5.63. The van der Waals surface area contributed by atoms with E-state index in [1.165, 1.54) is 27.9 Å². The Kier molecular flexibility index (Phi) is 5.99. The summed E-state index contributed by atoms with van der Waals surface area (Å²) in [6.45, 7) is 10.5. The number of aryl methyl sites for hydroxylation is 3. The lowest BCUT2D eigenvalue weighted by atomic mass is 9.76. The number of aliphatic hydroxyl groups is 1.